The molecule has 16 heavy (non-hydrogen) atoms. The van der Waals surface area contributed by atoms with Crippen LogP contribution in [0.1, 0.15) is 11.4 Å². The first-order valence-electron chi connectivity index (χ1n) is 4.61. The standard InChI is InChI=1S/C9H9N5O2/c15-9(16)5-8-11-12-13-14(8)6-7-1-3-10-4-2-7/h1-4H,5-6H2,(H,15,16). The van der Waals surface area contributed by atoms with Crippen LogP contribution in [-0.4, -0.2) is 36.3 Å². The Morgan fingerprint density at radius 3 is 2.81 bits per heavy atom. The predicted octanol–water partition coefficient (Wildman–Crippen LogP) is -0.257. The summed E-state index contributed by atoms with van der Waals surface area (Å²) in [6.45, 7) is 0.443. The number of carboxylic acids is 1. The number of aliphatic carboxylic acids is 1. The molecule has 7 nitrogen and oxygen atoms in total. The van der Waals surface area contributed by atoms with E-state index >= 15 is 0 Å². The summed E-state index contributed by atoms with van der Waals surface area (Å²) in [6.07, 6.45) is 3.14. The molecule has 2 aromatic rings. The van der Waals surface area contributed by atoms with E-state index in [1.165, 1.54) is 4.68 Å². The molecular formula is C9H9N5O2. The molecule has 0 aromatic carbocycles. The van der Waals surface area contributed by atoms with Gasteiger partial charge in [0, 0.05) is 12.4 Å². The minimum Gasteiger partial charge on any atom is -0.481 e. The van der Waals surface area contributed by atoms with Crippen LogP contribution in [-0.2, 0) is 17.8 Å². The van der Waals surface area contributed by atoms with Crippen LogP contribution in [0.15, 0.2) is 24.5 Å². The van der Waals surface area contributed by atoms with Gasteiger partial charge in [-0.2, -0.15) is 0 Å². The monoisotopic (exact) mass is 219 g/mol. The average molecular weight is 219 g/mol. The highest BCUT2D eigenvalue weighted by Crippen LogP contribution is 2.02. The average Bonchev–Trinajstić information content (AvgIpc) is 2.66. The highest BCUT2D eigenvalue weighted by atomic mass is 16.4. The molecule has 0 fully saturated rings. The lowest BCUT2D eigenvalue weighted by Gasteiger charge is -2.02. The summed E-state index contributed by atoms with van der Waals surface area (Å²) in [5, 5.41) is 19.5. The fraction of sp³-hybridized carbons (Fsp3) is 0.222. The van der Waals surface area contributed by atoms with Crippen LogP contribution in [0.25, 0.3) is 0 Å². The number of hydrogen-bond acceptors (Lipinski definition) is 5. The molecule has 0 unspecified atom stereocenters. The Morgan fingerprint density at radius 1 is 1.38 bits per heavy atom. The minimum absolute atomic E-state index is 0.182. The molecule has 0 spiro atoms. The number of rotatable bonds is 4. The molecule has 2 heterocycles. The normalized spacial score (nSPS) is 10.2. The maximum atomic E-state index is 10.6. The van der Waals surface area contributed by atoms with Crippen LogP contribution >= 0.6 is 0 Å². The van der Waals surface area contributed by atoms with Crippen LogP contribution < -0.4 is 0 Å². The zero-order valence-corrected chi connectivity index (χ0v) is 8.32. The van der Waals surface area contributed by atoms with E-state index in [4.69, 9.17) is 5.11 Å². The molecule has 2 rings (SSSR count). The minimum atomic E-state index is -0.953. The van der Waals surface area contributed by atoms with E-state index in [2.05, 4.69) is 20.5 Å². The van der Waals surface area contributed by atoms with E-state index in [0.717, 1.165) is 5.56 Å². The van der Waals surface area contributed by atoms with Gasteiger partial charge in [0.05, 0.1) is 6.54 Å². The van der Waals surface area contributed by atoms with E-state index in [9.17, 15) is 4.79 Å². The summed E-state index contributed by atoms with van der Waals surface area (Å²) in [6, 6.07) is 3.65. The van der Waals surface area contributed by atoms with Crippen LogP contribution in [0, 0.1) is 0 Å². The predicted molar refractivity (Wildman–Crippen MR) is 52.5 cm³/mol. The van der Waals surface area contributed by atoms with Crippen molar-refractivity contribution in [2.45, 2.75) is 13.0 Å². The van der Waals surface area contributed by atoms with Crippen molar-refractivity contribution in [3.05, 3.63) is 35.9 Å². The second-order valence-corrected chi connectivity index (χ2v) is 3.18. The molecule has 1 N–H and O–H groups in total. The van der Waals surface area contributed by atoms with Crippen molar-refractivity contribution < 1.29 is 9.90 Å². The first-order chi connectivity index (χ1) is 7.75. The van der Waals surface area contributed by atoms with Gasteiger partial charge in [-0.3, -0.25) is 9.78 Å². The maximum absolute atomic E-state index is 10.6. The zero-order chi connectivity index (χ0) is 11.4. The Bertz CT molecular complexity index is 482. The second kappa shape index (κ2) is 4.47. The van der Waals surface area contributed by atoms with Gasteiger partial charge in [0.25, 0.3) is 0 Å². The maximum Gasteiger partial charge on any atom is 0.311 e. The van der Waals surface area contributed by atoms with E-state index < -0.39 is 5.97 Å². The largest absolute Gasteiger partial charge is 0.481 e. The van der Waals surface area contributed by atoms with Crippen molar-refractivity contribution in [1.82, 2.24) is 25.2 Å². The molecule has 0 aliphatic heterocycles. The van der Waals surface area contributed by atoms with Gasteiger partial charge >= 0.3 is 5.97 Å². The van der Waals surface area contributed by atoms with Crippen LogP contribution in [0.5, 0.6) is 0 Å². The Balaban J connectivity index is 2.16. The Morgan fingerprint density at radius 2 is 2.12 bits per heavy atom. The molecule has 0 amide bonds. The highest BCUT2D eigenvalue weighted by Gasteiger charge is 2.10. The topological polar surface area (TPSA) is 93.8 Å². The summed E-state index contributed by atoms with van der Waals surface area (Å²) < 4.78 is 1.46. The lowest BCUT2D eigenvalue weighted by atomic mass is 10.3. The summed E-state index contributed by atoms with van der Waals surface area (Å²) in [5.74, 6) is -0.616. The third kappa shape index (κ3) is 2.38. The molecule has 0 aliphatic carbocycles. The number of carbonyl (C=O) groups is 1. The van der Waals surface area contributed by atoms with E-state index in [1.54, 1.807) is 12.4 Å². The SMILES string of the molecule is O=C(O)Cc1nnnn1Cc1ccncc1. The van der Waals surface area contributed by atoms with Gasteiger partial charge in [-0.05, 0) is 28.1 Å². The van der Waals surface area contributed by atoms with E-state index in [0.29, 0.717) is 12.4 Å². The molecule has 0 saturated heterocycles. The summed E-state index contributed by atoms with van der Waals surface area (Å²) >= 11 is 0. The van der Waals surface area contributed by atoms with Gasteiger partial charge in [0.1, 0.15) is 6.42 Å². The summed E-state index contributed by atoms with van der Waals surface area (Å²) in [4.78, 5) is 14.4. The van der Waals surface area contributed by atoms with Crippen molar-refractivity contribution in [3.63, 3.8) is 0 Å². The number of hydrogen-bond donors (Lipinski definition) is 1. The summed E-state index contributed by atoms with van der Waals surface area (Å²) in [7, 11) is 0. The van der Waals surface area contributed by atoms with Gasteiger partial charge in [-0.15, -0.1) is 5.10 Å². The number of carboxylic acid groups (broad SMARTS) is 1. The molecule has 0 bridgehead atoms. The molecule has 0 atom stereocenters. The molecule has 7 heteroatoms. The van der Waals surface area contributed by atoms with E-state index in [1.807, 2.05) is 12.1 Å². The lowest BCUT2D eigenvalue weighted by Crippen LogP contribution is -2.11. The zero-order valence-electron chi connectivity index (χ0n) is 8.32. The molecule has 0 saturated carbocycles. The van der Waals surface area contributed by atoms with Crippen molar-refractivity contribution >= 4 is 5.97 Å². The first-order valence-corrected chi connectivity index (χ1v) is 4.61. The first kappa shape index (κ1) is 10.2. The van der Waals surface area contributed by atoms with Gasteiger partial charge in [-0.25, -0.2) is 4.68 Å². The van der Waals surface area contributed by atoms with Gasteiger partial charge in [0.2, 0.25) is 0 Å². The molecule has 0 radical (unpaired) electrons. The number of tetrazole rings is 1. The Kier molecular flexibility index (Phi) is 2.86. The number of nitrogens with zero attached hydrogens (tertiary/aromatic N) is 5. The third-order valence-electron chi connectivity index (χ3n) is 2.00. The number of pyridine rings is 1. The van der Waals surface area contributed by atoms with Crippen LogP contribution in [0.3, 0.4) is 0 Å². The van der Waals surface area contributed by atoms with Crippen LogP contribution in [0.4, 0.5) is 0 Å². The van der Waals surface area contributed by atoms with Gasteiger partial charge in [-0.1, -0.05) is 0 Å². The van der Waals surface area contributed by atoms with E-state index in [-0.39, 0.29) is 6.42 Å². The highest BCUT2D eigenvalue weighted by molar-refractivity contribution is 5.68. The lowest BCUT2D eigenvalue weighted by molar-refractivity contribution is -0.136. The second-order valence-electron chi connectivity index (χ2n) is 3.18. The fourth-order valence-electron chi connectivity index (χ4n) is 1.27. The Hall–Kier alpha value is -2.31. The van der Waals surface area contributed by atoms with Crippen molar-refractivity contribution in [3.8, 4) is 0 Å². The van der Waals surface area contributed by atoms with Crippen LogP contribution in [0.2, 0.25) is 0 Å². The van der Waals surface area contributed by atoms with Crippen molar-refractivity contribution in [1.29, 1.82) is 0 Å². The van der Waals surface area contributed by atoms with Crippen molar-refractivity contribution in [2.75, 3.05) is 0 Å². The molecular weight excluding hydrogens is 210 g/mol. The fourth-order valence-corrected chi connectivity index (χ4v) is 1.27. The Labute approximate surface area is 90.7 Å². The van der Waals surface area contributed by atoms with Gasteiger partial charge < -0.3 is 5.11 Å². The number of aromatic nitrogens is 5. The van der Waals surface area contributed by atoms with Gasteiger partial charge in [0.15, 0.2) is 5.82 Å². The molecule has 2 aromatic heterocycles. The smallest absolute Gasteiger partial charge is 0.311 e. The van der Waals surface area contributed by atoms with Crippen molar-refractivity contribution in [2.24, 2.45) is 0 Å². The third-order valence-corrected chi connectivity index (χ3v) is 2.00. The molecule has 0 aliphatic rings. The quantitative estimate of drug-likeness (QED) is 0.761. The molecule has 82 valence electrons. The summed E-state index contributed by atoms with van der Waals surface area (Å²) in [5.41, 5.74) is 0.967.